The van der Waals surface area contributed by atoms with E-state index in [1.807, 2.05) is 31.2 Å². The lowest BCUT2D eigenvalue weighted by atomic mass is 10.0. The minimum Gasteiger partial charge on any atom is -0.493 e. The van der Waals surface area contributed by atoms with Crippen molar-refractivity contribution in [2.75, 3.05) is 26.4 Å². The highest BCUT2D eigenvalue weighted by atomic mass is 16.5. The van der Waals surface area contributed by atoms with E-state index in [0.717, 1.165) is 11.3 Å². The quantitative estimate of drug-likeness (QED) is 0.480. The van der Waals surface area contributed by atoms with Gasteiger partial charge < -0.3 is 25.4 Å². The van der Waals surface area contributed by atoms with Crippen LogP contribution in [-0.2, 0) is 4.79 Å². The number of hydrogen-bond acceptors (Lipinski definition) is 5. The van der Waals surface area contributed by atoms with E-state index in [-0.39, 0.29) is 12.3 Å². The molecule has 6 heteroatoms. The Labute approximate surface area is 124 Å². The molecule has 0 fully saturated rings. The molecule has 6 nitrogen and oxygen atoms in total. The minimum atomic E-state index is -1.37. The van der Waals surface area contributed by atoms with Crippen LogP contribution in [0.2, 0.25) is 0 Å². The first-order valence-electron chi connectivity index (χ1n) is 6.89. The zero-order valence-electron chi connectivity index (χ0n) is 12.2. The average Bonchev–Trinajstić information content (AvgIpc) is 2.51. The number of amides is 1. The Bertz CT molecular complexity index is 437. The second-order valence-corrected chi connectivity index (χ2v) is 5.02. The average molecular weight is 297 g/mol. The molecule has 0 aliphatic heterocycles. The molecule has 0 bridgehead atoms. The van der Waals surface area contributed by atoms with Crippen molar-refractivity contribution in [1.82, 2.24) is 5.32 Å². The normalized spacial score (nSPS) is 11.2. The van der Waals surface area contributed by atoms with E-state index in [1.54, 1.807) is 0 Å². The summed E-state index contributed by atoms with van der Waals surface area (Å²) in [7, 11) is 0. The van der Waals surface area contributed by atoms with E-state index >= 15 is 0 Å². The Kier molecular flexibility index (Phi) is 7.14. The van der Waals surface area contributed by atoms with Gasteiger partial charge in [0.25, 0.3) is 0 Å². The topological polar surface area (TPSA) is 99.0 Å². The van der Waals surface area contributed by atoms with Gasteiger partial charge in [-0.15, -0.1) is 0 Å². The predicted molar refractivity (Wildman–Crippen MR) is 78.0 cm³/mol. The molecule has 0 aromatic heterocycles. The zero-order valence-corrected chi connectivity index (χ0v) is 12.2. The molecule has 1 amide bonds. The molecule has 0 atom stereocenters. The lowest BCUT2D eigenvalue weighted by molar-refractivity contribution is -0.125. The lowest BCUT2D eigenvalue weighted by Crippen LogP contribution is -2.57. The van der Waals surface area contributed by atoms with Crippen LogP contribution in [0.3, 0.4) is 0 Å². The van der Waals surface area contributed by atoms with Crippen molar-refractivity contribution in [3.05, 3.63) is 29.8 Å². The molecule has 0 unspecified atom stereocenters. The summed E-state index contributed by atoms with van der Waals surface area (Å²) in [5.41, 5.74) is -0.338. The molecule has 0 aliphatic rings. The fraction of sp³-hybridized carbons (Fsp3) is 0.533. The van der Waals surface area contributed by atoms with Crippen LogP contribution in [0.15, 0.2) is 24.3 Å². The van der Waals surface area contributed by atoms with Crippen LogP contribution in [0.25, 0.3) is 0 Å². The maximum Gasteiger partial charge on any atom is 0.220 e. The fourth-order valence-electron chi connectivity index (χ4n) is 1.76. The van der Waals surface area contributed by atoms with Crippen LogP contribution in [-0.4, -0.2) is 53.2 Å². The maximum atomic E-state index is 11.7. The largest absolute Gasteiger partial charge is 0.493 e. The molecular formula is C15H23NO5. The number of para-hydroxylation sites is 1. The molecule has 0 spiro atoms. The number of ether oxygens (including phenoxy) is 1. The van der Waals surface area contributed by atoms with Crippen molar-refractivity contribution in [1.29, 1.82) is 0 Å². The van der Waals surface area contributed by atoms with E-state index in [9.17, 15) is 4.79 Å². The van der Waals surface area contributed by atoms with Gasteiger partial charge in [0, 0.05) is 6.42 Å². The van der Waals surface area contributed by atoms with Crippen molar-refractivity contribution in [2.24, 2.45) is 0 Å². The summed E-state index contributed by atoms with van der Waals surface area (Å²) < 4.78 is 5.57. The zero-order chi connectivity index (χ0) is 15.7. The van der Waals surface area contributed by atoms with Gasteiger partial charge in [0.05, 0.1) is 26.4 Å². The molecule has 0 saturated carbocycles. The number of hydrogen-bond donors (Lipinski definition) is 4. The van der Waals surface area contributed by atoms with E-state index < -0.39 is 25.4 Å². The summed E-state index contributed by atoms with van der Waals surface area (Å²) in [5.74, 6) is 0.439. The summed E-state index contributed by atoms with van der Waals surface area (Å²) in [5, 5.41) is 29.8. The standard InChI is InChI=1S/C15H23NO5/c1-12-5-2-3-6-13(12)21-8-4-7-14(20)16-15(9-17,10-18)11-19/h2-3,5-6,17-19H,4,7-11H2,1H3,(H,16,20). The molecule has 1 rings (SSSR count). The monoisotopic (exact) mass is 297 g/mol. The van der Waals surface area contributed by atoms with E-state index in [0.29, 0.717) is 13.0 Å². The number of carbonyl (C=O) groups excluding carboxylic acids is 1. The Morgan fingerprint density at radius 1 is 1.19 bits per heavy atom. The molecule has 0 aliphatic carbocycles. The molecule has 118 valence electrons. The summed E-state index contributed by atoms with van der Waals surface area (Å²) in [4.78, 5) is 11.7. The molecule has 0 saturated heterocycles. The van der Waals surface area contributed by atoms with Gasteiger partial charge in [-0.05, 0) is 25.0 Å². The Morgan fingerprint density at radius 3 is 2.38 bits per heavy atom. The first-order chi connectivity index (χ1) is 10.1. The summed E-state index contributed by atoms with van der Waals surface area (Å²) >= 11 is 0. The highest BCUT2D eigenvalue weighted by Gasteiger charge is 2.29. The predicted octanol–water partition coefficient (Wildman–Crippen LogP) is -0.0141. The van der Waals surface area contributed by atoms with Crippen molar-refractivity contribution >= 4 is 5.91 Å². The fourth-order valence-corrected chi connectivity index (χ4v) is 1.76. The number of aliphatic hydroxyl groups is 3. The molecule has 21 heavy (non-hydrogen) atoms. The maximum absolute atomic E-state index is 11.7. The van der Waals surface area contributed by atoms with Crippen LogP contribution >= 0.6 is 0 Å². The van der Waals surface area contributed by atoms with Crippen LogP contribution < -0.4 is 10.1 Å². The third-order valence-corrected chi connectivity index (χ3v) is 3.21. The van der Waals surface area contributed by atoms with Crippen molar-refractivity contribution in [2.45, 2.75) is 25.3 Å². The van der Waals surface area contributed by atoms with Gasteiger partial charge in [0.2, 0.25) is 5.91 Å². The molecule has 1 aromatic rings. The van der Waals surface area contributed by atoms with Crippen molar-refractivity contribution in [3.8, 4) is 5.75 Å². The molecule has 4 N–H and O–H groups in total. The van der Waals surface area contributed by atoms with E-state index in [4.69, 9.17) is 20.1 Å². The number of nitrogens with one attached hydrogen (secondary N) is 1. The van der Waals surface area contributed by atoms with E-state index in [1.165, 1.54) is 0 Å². The minimum absolute atomic E-state index is 0.188. The van der Waals surface area contributed by atoms with Crippen LogP contribution in [0.1, 0.15) is 18.4 Å². The van der Waals surface area contributed by atoms with Gasteiger partial charge >= 0.3 is 0 Å². The Hall–Kier alpha value is -1.63. The van der Waals surface area contributed by atoms with Gasteiger partial charge in [-0.3, -0.25) is 4.79 Å². The Morgan fingerprint density at radius 2 is 1.81 bits per heavy atom. The van der Waals surface area contributed by atoms with Crippen molar-refractivity contribution in [3.63, 3.8) is 0 Å². The van der Waals surface area contributed by atoms with Gasteiger partial charge in [-0.25, -0.2) is 0 Å². The Balaban J connectivity index is 2.32. The summed E-state index contributed by atoms with van der Waals surface area (Å²) in [6.07, 6.45) is 0.687. The lowest BCUT2D eigenvalue weighted by Gasteiger charge is -2.28. The first kappa shape index (κ1) is 17.4. The highest BCUT2D eigenvalue weighted by molar-refractivity contribution is 5.76. The first-order valence-corrected chi connectivity index (χ1v) is 6.89. The van der Waals surface area contributed by atoms with Gasteiger partial charge in [0.1, 0.15) is 11.3 Å². The smallest absolute Gasteiger partial charge is 0.220 e. The number of aliphatic hydroxyl groups excluding tert-OH is 3. The van der Waals surface area contributed by atoms with Crippen LogP contribution in [0.5, 0.6) is 5.75 Å². The number of benzene rings is 1. The molecule has 0 radical (unpaired) electrons. The van der Waals surface area contributed by atoms with E-state index in [2.05, 4.69) is 5.32 Å². The van der Waals surface area contributed by atoms with Gasteiger partial charge in [0.15, 0.2) is 0 Å². The summed E-state index contributed by atoms with van der Waals surface area (Å²) in [6, 6.07) is 7.62. The third-order valence-electron chi connectivity index (χ3n) is 3.21. The number of aryl methyl sites for hydroxylation is 1. The number of carbonyl (C=O) groups is 1. The molecule has 0 heterocycles. The van der Waals surface area contributed by atoms with Crippen LogP contribution in [0.4, 0.5) is 0 Å². The molecular weight excluding hydrogens is 274 g/mol. The van der Waals surface area contributed by atoms with Gasteiger partial charge in [-0.2, -0.15) is 0 Å². The second-order valence-electron chi connectivity index (χ2n) is 5.02. The van der Waals surface area contributed by atoms with Crippen molar-refractivity contribution < 1.29 is 24.9 Å². The second kappa shape index (κ2) is 8.61. The third kappa shape index (κ3) is 5.34. The van der Waals surface area contributed by atoms with Gasteiger partial charge in [-0.1, -0.05) is 18.2 Å². The van der Waals surface area contributed by atoms with Crippen LogP contribution in [0, 0.1) is 6.92 Å². The number of rotatable bonds is 9. The summed E-state index contributed by atoms with van der Waals surface area (Å²) in [6.45, 7) is 0.769. The SMILES string of the molecule is Cc1ccccc1OCCCC(=O)NC(CO)(CO)CO. The molecule has 1 aromatic carbocycles. The highest BCUT2D eigenvalue weighted by Crippen LogP contribution is 2.16.